The van der Waals surface area contributed by atoms with Gasteiger partial charge in [0.15, 0.2) is 11.5 Å². The van der Waals surface area contributed by atoms with E-state index in [4.69, 9.17) is 9.47 Å². The molecule has 1 N–H and O–H groups in total. The average molecular weight is 387 g/mol. The van der Waals surface area contributed by atoms with E-state index in [0.717, 1.165) is 35.5 Å². The van der Waals surface area contributed by atoms with Gasteiger partial charge < -0.3 is 14.5 Å². The van der Waals surface area contributed by atoms with Crippen molar-refractivity contribution < 1.29 is 9.47 Å². The van der Waals surface area contributed by atoms with Gasteiger partial charge in [0, 0.05) is 17.2 Å². The third-order valence-electron chi connectivity index (χ3n) is 5.59. The van der Waals surface area contributed by atoms with Crippen molar-refractivity contribution in [3.8, 4) is 23.2 Å². The van der Waals surface area contributed by atoms with Crippen molar-refractivity contribution in [1.82, 2.24) is 24.5 Å². The SMILES string of the molecule is Cc1cnc2c(c1)[nH]c(=O)n2-c1cnc(Oc2cccc3c2C2(CC2)CO3)cn1. The Kier molecular flexibility index (Phi) is 3.18. The molecule has 29 heavy (non-hydrogen) atoms. The molecule has 1 saturated carbocycles. The molecule has 1 aliphatic carbocycles. The van der Waals surface area contributed by atoms with Gasteiger partial charge in [-0.15, -0.1) is 0 Å². The number of imidazole rings is 1. The fraction of sp³-hybridized carbons (Fsp3) is 0.238. The van der Waals surface area contributed by atoms with Crippen molar-refractivity contribution in [2.45, 2.75) is 25.2 Å². The summed E-state index contributed by atoms with van der Waals surface area (Å²) in [5, 5.41) is 0. The summed E-state index contributed by atoms with van der Waals surface area (Å²) in [5.74, 6) is 2.38. The molecule has 0 atom stereocenters. The molecule has 1 aliphatic heterocycles. The number of pyridine rings is 1. The summed E-state index contributed by atoms with van der Waals surface area (Å²) in [6.45, 7) is 2.63. The maximum atomic E-state index is 12.4. The first-order valence-electron chi connectivity index (χ1n) is 9.47. The largest absolute Gasteiger partial charge is 0.492 e. The van der Waals surface area contributed by atoms with Crippen LogP contribution in [0.4, 0.5) is 0 Å². The van der Waals surface area contributed by atoms with Crippen LogP contribution in [-0.4, -0.2) is 31.1 Å². The highest BCUT2D eigenvalue weighted by Crippen LogP contribution is 2.58. The number of ether oxygens (including phenoxy) is 2. The number of aromatic amines is 1. The Hall–Kier alpha value is -3.68. The summed E-state index contributed by atoms with van der Waals surface area (Å²) in [6.07, 6.45) is 6.96. The number of nitrogens with one attached hydrogen (secondary N) is 1. The second kappa shape index (κ2) is 5.66. The predicted molar refractivity (Wildman–Crippen MR) is 105 cm³/mol. The molecule has 4 aromatic rings. The fourth-order valence-corrected chi connectivity index (χ4v) is 3.97. The summed E-state index contributed by atoms with van der Waals surface area (Å²) < 4.78 is 13.3. The molecule has 1 aromatic carbocycles. The Morgan fingerprint density at radius 2 is 2.07 bits per heavy atom. The van der Waals surface area contributed by atoms with E-state index in [-0.39, 0.29) is 11.1 Å². The maximum Gasteiger partial charge on any atom is 0.333 e. The standard InChI is InChI=1S/C21H17N5O3/c1-12-7-13-19(24-8-12)26(20(27)25-13)16-9-23-17(10-22-16)29-15-4-2-3-14-18(15)21(5-6-21)11-28-14/h2-4,7-10H,5-6,11H2,1H3,(H,25,27). The van der Waals surface area contributed by atoms with Gasteiger partial charge in [0.2, 0.25) is 5.88 Å². The van der Waals surface area contributed by atoms with E-state index >= 15 is 0 Å². The first kappa shape index (κ1) is 16.3. The minimum Gasteiger partial charge on any atom is -0.492 e. The summed E-state index contributed by atoms with van der Waals surface area (Å²) in [7, 11) is 0. The van der Waals surface area contributed by atoms with E-state index < -0.39 is 0 Å². The lowest BCUT2D eigenvalue weighted by molar-refractivity contribution is 0.323. The summed E-state index contributed by atoms with van der Waals surface area (Å²) >= 11 is 0. The molecule has 2 aliphatic rings. The number of benzene rings is 1. The minimum atomic E-state index is -0.310. The Labute approximate surface area is 165 Å². The van der Waals surface area contributed by atoms with E-state index in [1.807, 2.05) is 31.2 Å². The highest BCUT2D eigenvalue weighted by Gasteiger charge is 2.52. The predicted octanol–water partition coefficient (Wildman–Crippen LogP) is 3.03. The van der Waals surface area contributed by atoms with Gasteiger partial charge in [-0.2, -0.15) is 0 Å². The van der Waals surface area contributed by atoms with Crippen molar-refractivity contribution in [3.63, 3.8) is 0 Å². The normalized spacial score (nSPS) is 16.0. The van der Waals surface area contributed by atoms with E-state index in [2.05, 4.69) is 19.9 Å². The molecule has 144 valence electrons. The van der Waals surface area contributed by atoms with Crippen molar-refractivity contribution in [3.05, 3.63) is 64.5 Å². The summed E-state index contributed by atoms with van der Waals surface area (Å²) in [5.41, 5.74) is 3.05. The monoisotopic (exact) mass is 387 g/mol. The van der Waals surface area contributed by atoms with E-state index in [9.17, 15) is 4.79 Å². The summed E-state index contributed by atoms with van der Waals surface area (Å²) in [4.78, 5) is 28.3. The molecule has 0 unspecified atom stereocenters. The molecule has 3 aromatic heterocycles. The van der Waals surface area contributed by atoms with Crippen molar-refractivity contribution in [2.75, 3.05) is 6.61 Å². The highest BCUT2D eigenvalue weighted by molar-refractivity contribution is 5.72. The lowest BCUT2D eigenvalue weighted by Crippen LogP contribution is -2.16. The van der Waals surface area contributed by atoms with Crippen molar-refractivity contribution >= 4 is 11.2 Å². The van der Waals surface area contributed by atoms with E-state index in [1.165, 1.54) is 17.0 Å². The maximum absolute atomic E-state index is 12.4. The molecule has 0 bridgehead atoms. The first-order valence-corrected chi connectivity index (χ1v) is 9.47. The molecule has 0 radical (unpaired) electrons. The van der Waals surface area contributed by atoms with Crippen LogP contribution in [0.5, 0.6) is 17.4 Å². The molecule has 4 heterocycles. The Morgan fingerprint density at radius 3 is 2.86 bits per heavy atom. The molecule has 1 spiro atoms. The quantitative estimate of drug-likeness (QED) is 0.581. The van der Waals surface area contributed by atoms with Gasteiger partial charge in [0.25, 0.3) is 0 Å². The van der Waals surface area contributed by atoms with Crippen molar-refractivity contribution in [2.24, 2.45) is 0 Å². The second-order valence-electron chi connectivity index (χ2n) is 7.66. The second-order valence-corrected chi connectivity index (χ2v) is 7.66. The van der Waals surface area contributed by atoms with Crippen LogP contribution in [0.1, 0.15) is 24.0 Å². The topological polar surface area (TPSA) is 94.9 Å². The zero-order valence-electron chi connectivity index (χ0n) is 15.7. The van der Waals surface area contributed by atoms with Gasteiger partial charge in [0.1, 0.15) is 11.5 Å². The van der Waals surface area contributed by atoms with Gasteiger partial charge in [-0.1, -0.05) is 6.07 Å². The van der Waals surface area contributed by atoms with Gasteiger partial charge in [0.05, 0.1) is 24.5 Å². The molecule has 0 amide bonds. The van der Waals surface area contributed by atoms with Crippen LogP contribution < -0.4 is 15.2 Å². The third-order valence-corrected chi connectivity index (χ3v) is 5.59. The van der Waals surface area contributed by atoms with Crippen LogP contribution in [0.25, 0.3) is 17.0 Å². The third kappa shape index (κ3) is 2.45. The van der Waals surface area contributed by atoms with Crippen LogP contribution in [0, 0.1) is 6.92 Å². The van der Waals surface area contributed by atoms with E-state index in [0.29, 0.717) is 29.5 Å². The Balaban J connectivity index is 1.35. The van der Waals surface area contributed by atoms with Gasteiger partial charge in [-0.05, 0) is 43.5 Å². The molecular formula is C21H17N5O3. The lowest BCUT2D eigenvalue weighted by atomic mass is 9.97. The van der Waals surface area contributed by atoms with Crippen LogP contribution in [0.2, 0.25) is 0 Å². The number of nitrogens with zero attached hydrogens (tertiary/aromatic N) is 4. The van der Waals surface area contributed by atoms with Gasteiger partial charge in [-0.25, -0.2) is 24.3 Å². The number of rotatable bonds is 3. The summed E-state index contributed by atoms with van der Waals surface area (Å²) in [6, 6.07) is 7.69. The smallest absolute Gasteiger partial charge is 0.333 e. The van der Waals surface area contributed by atoms with Crippen LogP contribution in [-0.2, 0) is 5.41 Å². The number of H-pyrrole nitrogens is 1. The average Bonchev–Trinajstić information content (AvgIpc) is 3.29. The van der Waals surface area contributed by atoms with Crippen LogP contribution in [0.15, 0.2) is 47.7 Å². The zero-order chi connectivity index (χ0) is 19.6. The number of fused-ring (bicyclic) bond motifs is 3. The van der Waals surface area contributed by atoms with Gasteiger partial charge in [-0.3, -0.25) is 0 Å². The molecule has 8 nitrogen and oxygen atoms in total. The number of hydrogen-bond acceptors (Lipinski definition) is 6. The fourth-order valence-electron chi connectivity index (χ4n) is 3.97. The zero-order valence-corrected chi connectivity index (χ0v) is 15.7. The van der Waals surface area contributed by atoms with Gasteiger partial charge >= 0.3 is 5.69 Å². The first-order chi connectivity index (χ1) is 14.1. The molecule has 1 fully saturated rings. The number of hydrogen-bond donors (Lipinski definition) is 1. The Morgan fingerprint density at radius 1 is 1.17 bits per heavy atom. The molecule has 6 rings (SSSR count). The highest BCUT2D eigenvalue weighted by atomic mass is 16.5. The molecule has 8 heteroatoms. The number of aryl methyl sites for hydroxylation is 1. The Bertz CT molecular complexity index is 1320. The molecular weight excluding hydrogens is 370 g/mol. The van der Waals surface area contributed by atoms with E-state index in [1.54, 1.807) is 6.20 Å². The van der Waals surface area contributed by atoms with Crippen LogP contribution >= 0.6 is 0 Å². The lowest BCUT2D eigenvalue weighted by Gasteiger charge is -2.12. The molecule has 0 saturated heterocycles. The minimum absolute atomic E-state index is 0.0977. The van der Waals surface area contributed by atoms with Crippen molar-refractivity contribution in [1.29, 1.82) is 0 Å². The number of aromatic nitrogens is 5. The van der Waals surface area contributed by atoms with Crippen LogP contribution in [0.3, 0.4) is 0 Å².